The van der Waals surface area contributed by atoms with Crippen LogP contribution in [0.4, 0.5) is 0 Å². The van der Waals surface area contributed by atoms with Gasteiger partial charge in [0.05, 0.1) is 22.6 Å². The summed E-state index contributed by atoms with van der Waals surface area (Å²) in [4.78, 5) is 25.2. The van der Waals surface area contributed by atoms with Crippen molar-refractivity contribution < 1.29 is 31.9 Å². The maximum absolute atomic E-state index is 12.1. The van der Waals surface area contributed by atoms with Crippen LogP contribution in [0.5, 0.6) is 0 Å². The number of nitrogens with two attached hydrogens (primary N) is 3. The third-order valence-electron chi connectivity index (χ3n) is 5.24. The summed E-state index contributed by atoms with van der Waals surface area (Å²) in [6, 6.07) is 6.54. The highest BCUT2D eigenvalue weighted by Crippen LogP contribution is 2.22. The number of hydrogen-bond acceptors (Lipinski definition) is 9. The molecule has 0 aromatic heterocycles. The van der Waals surface area contributed by atoms with E-state index in [1.165, 1.54) is 8.61 Å². The summed E-state index contributed by atoms with van der Waals surface area (Å²) in [5, 5.41) is 0. The monoisotopic (exact) mass is 508 g/mol. The normalized spacial score (nSPS) is 18.0. The van der Waals surface area contributed by atoms with Gasteiger partial charge in [0.2, 0.25) is 20.0 Å². The average Bonchev–Trinajstić information content (AvgIpc) is 2.89. The number of fused-ring (bicyclic) bond motifs is 1. The summed E-state index contributed by atoms with van der Waals surface area (Å²) >= 11 is 0. The molecule has 3 aliphatic heterocycles. The van der Waals surface area contributed by atoms with E-state index >= 15 is 0 Å². The van der Waals surface area contributed by atoms with Crippen molar-refractivity contribution >= 4 is 31.9 Å². The van der Waals surface area contributed by atoms with E-state index in [4.69, 9.17) is 5.73 Å². The van der Waals surface area contributed by atoms with Gasteiger partial charge in [-0.15, -0.1) is 0 Å². The summed E-state index contributed by atoms with van der Waals surface area (Å²) in [6.45, 7) is 2.56. The Hall–Kier alpha value is -1.98. The standard InChI is InChI=1S/C13H14N2O4S.C5H12N2O2S.H4N2.H2O/c16-12-10-4-1-2-5-11(10)13(17)15(12)8-9-20(18,19)14-6-3-7-14;6-2-5-10(8,9)7-3-1-4-7;1-2;/h1-2,4-5H,3,6-9H2;1-6H2;1-2H2;1H2. The first kappa shape index (κ1) is 29.1. The number of rotatable bonds is 7. The lowest BCUT2D eigenvalue weighted by atomic mass is 10.1. The molecule has 0 spiro atoms. The van der Waals surface area contributed by atoms with Crippen LogP contribution in [0.15, 0.2) is 24.3 Å². The first-order valence-electron chi connectivity index (χ1n) is 10.1. The molecule has 0 aliphatic carbocycles. The van der Waals surface area contributed by atoms with Gasteiger partial charge in [-0.05, 0) is 25.0 Å². The molecule has 8 N–H and O–H groups in total. The Morgan fingerprint density at radius 3 is 1.48 bits per heavy atom. The van der Waals surface area contributed by atoms with Crippen molar-refractivity contribution in [2.24, 2.45) is 17.4 Å². The molecule has 188 valence electrons. The summed E-state index contributed by atoms with van der Waals surface area (Å²) in [5.74, 6) is 7.06. The van der Waals surface area contributed by atoms with E-state index in [9.17, 15) is 26.4 Å². The molecule has 3 heterocycles. The van der Waals surface area contributed by atoms with Gasteiger partial charge in [-0.2, -0.15) is 0 Å². The molecule has 3 aliphatic rings. The van der Waals surface area contributed by atoms with Crippen LogP contribution in [0.25, 0.3) is 0 Å². The highest BCUT2D eigenvalue weighted by molar-refractivity contribution is 7.89. The van der Waals surface area contributed by atoms with Gasteiger partial charge in [0, 0.05) is 39.3 Å². The van der Waals surface area contributed by atoms with Gasteiger partial charge in [-0.25, -0.2) is 25.4 Å². The molecular weight excluding hydrogens is 476 g/mol. The van der Waals surface area contributed by atoms with Gasteiger partial charge in [-0.1, -0.05) is 12.1 Å². The Labute approximate surface area is 193 Å². The summed E-state index contributed by atoms with van der Waals surface area (Å²) in [5.41, 5.74) is 5.82. The number of hydrazine groups is 1. The number of nitrogens with zero attached hydrogens (tertiary/aromatic N) is 3. The number of sulfonamides is 2. The van der Waals surface area contributed by atoms with Crippen molar-refractivity contribution in [3.05, 3.63) is 35.4 Å². The first-order chi connectivity index (χ1) is 15.2. The van der Waals surface area contributed by atoms with E-state index in [-0.39, 0.29) is 30.1 Å². The molecular formula is C18H32N6O7S2. The lowest BCUT2D eigenvalue weighted by molar-refractivity contribution is 0.0663. The third kappa shape index (κ3) is 6.77. The number of benzene rings is 1. The highest BCUT2D eigenvalue weighted by atomic mass is 32.2. The molecule has 0 bridgehead atoms. The van der Waals surface area contributed by atoms with Crippen molar-refractivity contribution in [1.29, 1.82) is 0 Å². The van der Waals surface area contributed by atoms with Crippen LogP contribution >= 0.6 is 0 Å². The summed E-state index contributed by atoms with van der Waals surface area (Å²) in [7, 11) is -6.32. The summed E-state index contributed by atoms with van der Waals surface area (Å²) in [6.07, 6.45) is 1.86. The molecule has 4 rings (SSSR count). The molecule has 15 heteroatoms. The Morgan fingerprint density at radius 1 is 0.758 bits per heavy atom. The zero-order valence-corrected chi connectivity index (χ0v) is 19.9. The topological polar surface area (TPSA) is 222 Å². The number of carbonyl (C=O) groups is 2. The molecule has 0 unspecified atom stereocenters. The SMILES string of the molecule is NCCS(=O)(=O)N1CCC1.NN.O.O=C1c2ccccc2C(=O)N1CCS(=O)(=O)N1CCC1. The zero-order chi connectivity index (χ0) is 23.9. The summed E-state index contributed by atoms with van der Waals surface area (Å²) < 4.78 is 48.8. The van der Waals surface area contributed by atoms with Gasteiger partial charge >= 0.3 is 0 Å². The number of carbonyl (C=O) groups excluding carboxylic acids is 2. The number of imide groups is 1. The fourth-order valence-corrected chi connectivity index (χ4v) is 6.04. The zero-order valence-electron chi connectivity index (χ0n) is 18.2. The van der Waals surface area contributed by atoms with Crippen LogP contribution in [-0.4, -0.2) is 98.4 Å². The van der Waals surface area contributed by atoms with E-state index in [2.05, 4.69) is 11.7 Å². The van der Waals surface area contributed by atoms with Crippen molar-refractivity contribution in [1.82, 2.24) is 13.5 Å². The van der Waals surface area contributed by atoms with E-state index in [1.807, 2.05) is 0 Å². The van der Waals surface area contributed by atoms with Crippen LogP contribution in [0.3, 0.4) is 0 Å². The Kier molecular flexibility index (Phi) is 11.0. The first-order valence-corrected chi connectivity index (χ1v) is 13.3. The molecule has 0 radical (unpaired) electrons. The molecule has 0 saturated carbocycles. The van der Waals surface area contributed by atoms with Crippen LogP contribution in [0.1, 0.15) is 33.6 Å². The van der Waals surface area contributed by atoms with E-state index in [0.717, 1.165) is 17.7 Å². The fourth-order valence-electron chi connectivity index (χ4n) is 3.19. The van der Waals surface area contributed by atoms with Crippen molar-refractivity contribution in [2.45, 2.75) is 12.8 Å². The molecule has 2 saturated heterocycles. The molecule has 33 heavy (non-hydrogen) atoms. The largest absolute Gasteiger partial charge is 0.412 e. The second-order valence-corrected chi connectivity index (χ2v) is 11.4. The Bertz CT molecular complexity index is 989. The maximum atomic E-state index is 12.1. The number of amides is 2. The Morgan fingerprint density at radius 2 is 1.15 bits per heavy atom. The molecule has 1 aromatic carbocycles. The van der Waals surface area contributed by atoms with Crippen LogP contribution in [0, 0.1) is 0 Å². The van der Waals surface area contributed by atoms with Gasteiger partial charge in [0.15, 0.2) is 0 Å². The molecule has 2 amide bonds. The molecule has 1 aromatic rings. The Balaban J connectivity index is 0.000000356. The van der Waals surface area contributed by atoms with Crippen LogP contribution < -0.4 is 17.4 Å². The number of hydrogen-bond donors (Lipinski definition) is 3. The van der Waals surface area contributed by atoms with Crippen molar-refractivity contribution in [3.8, 4) is 0 Å². The van der Waals surface area contributed by atoms with Gasteiger partial charge < -0.3 is 11.2 Å². The minimum absolute atomic E-state index is 0. The van der Waals surface area contributed by atoms with Crippen LogP contribution in [0.2, 0.25) is 0 Å². The smallest absolute Gasteiger partial charge is 0.261 e. The molecule has 13 nitrogen and oxygen atoms in total. The fraction of sp³-hybridized carbons (Fsp3) is 0.556. The van der Waals surface area contributed by atoms with Gasteiger partial charge in [-0.3, -0.25) is 26.2 Å². The second-order valence-electron chi connectivity index (χ2n) is 7.23. The third-order valence-corrected chi connectivity index (χ3v) is 9.00. The molecule has 0 atom stereocenters. The predicted molar refractivity (Wildman–Crippen MR) is 123 cm³/mol. The quantitative estimate of drug-likeness (QED) is 0.197. The van der Waals surface area contributed by atoms with E-state index < -0.39 is 31.9 Å². The highest BCUT2D eigenvalue weighted by Gasteiger charge is 2.37. The lowest BCUT2D eigenvalue weighted by Crippen LogP contribution is -2.45. The van der Waals surface area contributed by atoms with Crippen LogP contribution in [-0.2, 0) is 20.0 Å². The van der Waals surface area contributed by atoms with Gasteiger partial charge in [0.25, 0.3) is 11.8 Å². The second kappa shape index (κ2) is 12.5. The minimum atomic E-state index is -3.36. The predicted octanol–water partition coefficient (Wildman–Crippen LogP) is -2.71. The average molecular weight is 509 g/mol. The van der Waals surface area contributed by atoms with E-state index in [1.54, 1.807) is 24.3 Å². The maximum Gasteiger partial charge on any atom is 0.261 e. The molecule has 2 fully saturated rings. The van der Waals surface area contributed by atoms with Gasteiger partial charge in [0.1, 0.15) is 0 Å². The van der Waals surface area contributed by atoms with Crippen molar-refractivity contribution in [2.75, 3.05) is 50.8 Å². The van der Waals surface area contributed by atoms with E-state index in [0.29, 0.717) is 37.3 Å². The lowest BCUT2D eigenvalue weighted by Gasteiger charge is -2.30. The van der Waals surface area contributed by atoms with Crippen molar-refractivity contribution in [3.63, 3.8) is 0 Å². The minimum Gasteiger partial charge on any atom is -0.412 e.